The van der Waals surface area contributed by atoms with Crippen molar-refractivity contribution in [2.24, 2.45) is 0 Å². The molecule has 0 atom stereocenters. The fraction of sp³-hybridized carbons (Fsp3) is 0.167. The minimum absolute atomic E-state index is 0.109. The molecule has 0 saturated carbocycles. The lowest BCUT2D eigenvalue weighted by Crippen LogP contribution is -2.14. The van der Waals surface area contributed by atoms with Crippen molar-refractivity contribution in [3.05, 3.63) is 35.1 Å². The zero-order valence-electron chi connectivity index (χ0n) is 10.4. The van der Waals surface area contributed by atoms with Crippen molar-refractivity contribution in [1.29, 1.82) is 5.26 Å². The molecule has 0 aliphatic heterocycles. The van der Waals surface area contributed by atoms with Gasteiger partial charge in [-0.2, -0.15) is 20.2 Å². The Kier molecular flexibility index (Phi) is 3.78. The van der Waals surface area contributed by atoms with Gasteiger partial charge in [0.05, 0.1) is 11.6 Å². The van der Waals surface area contributed by atoms with Crippen molar-refractivity contribution in [2.75, 3.05) is 24.3 Å². The second-order valence-electron chi connectivity index (χ2n) is 3.94. The zero-order chi connectivity index (χ0) is 13.8. The van der Waals surface area contributed by atoms with Crippen LogP contribution >= 0.6 is 11.6 Å². The summed E-state index contributed by atoms with van der Waals surface area (Å²) in [5.41, 5.74) is 1.27. The number of hydrogen-bond donors (Lipinski definition) is 1. The Hall–Kier alpha value is -2.39. The molecule has 96 valence electrons. The number of aromatic nitrogens is 3. The van der Waals surface area contributed by atoms with Crippen LogP contribution in [0.2, 0.25) is 5.28 Å². The molecule has 0 aliphatic carbocycles. The van der Waals surface area contributed by atoms with Gasteiger partial charge in [0.2, 0.25) is 17.2 Å². The first-order valence-electron chi connectivity index (χ1n) is 5.44. The largest absolute Gasteiger partial charge is 0.347 e. The topological polar surface area (TPSA) is 77.7 Å². The van der Waals surface area contributed by atoms with E-state index in [-0.39, 0.29) is 5.28 Å². The summed E-state index contributed by atoms with van der Waals surface area (Å²) in [6, 6.07) is 9.07. The Labute approximate surface area is 115 Å². The number of hydrogen-bond acceptors (Lipinski definition) is 6. The molecule has 1 N–H and O–H groups in total. The Balaban J connectivity index is 2.30. The van der Waals surface area contributed by atoms with Gasteiger partial charge < -0.3 is 10.2 Å². The van der Waals surface area contributed by atoms with Gasteiger partial charge in [-0.1, -0.05) is 6.07 Å². The molecule has 2 rings (SSSR count). The van der Waals surface area contributed by atoms with E-state index in [4.69, 9.17) is 16.9 Å². The van der Waals surface area contributed by atoms with E-state index in [9.17, 15) is 0 Å². The number of anilines is 3. The van der Waals surface area contributed by atoms with Crippen molar-refractivity contribution in [3.8, 4) is 6.07 Å². The lowest BCUT2D eigenvalue weighted by atomic mass is 10.2. The molecular formula is C12H11ClN6. The predicted molar refractivity (Wildman–Crippen MR) is 73.6 cm³/mol. The summed E-state index contributed by atoms with van der Waals surface area (Å²) in [7, 11) is 3.62. The Morgan fingerprint density at radius 2 is 2.05 bits per heavy atom. The van der Waals surface area contributed by atoms with Crippen LogP contribution in [0.5, 0.6) is 0 Å². The van der Waals surface area contributed by atoms with Gasteiger partial charge in [0.15, 0.2) is 0 Å². The Morgan fingerprint density at radius 1 is 1.26 bits per heavy atom. The molecule has 0 radical (unpaired) electrons. The van der Waals surface area contributed by atoms with Gasteiger partial charge >= 0.3 is 0 Å². The molecule has 6 nitrogen and oxygen atoms in total. The summed E-state index contributed by atoms with van der Waals surface area (Å²) in [5, 5.41) is 11.9. The van der Waals surface area contributed by atoms with Crippen LogP contribution in [0.3, 0.4) is 0 Å². The van der Waals surface area contributed by atoms with Crippen LogP contribution in [0.4, 0.5) is 17.6 Å². The second-order valence-corrected chi connectivity index (χ2v) is 4.28. The summed E-state index contributed by atoms with van der Waals surface area (Å²) < 4.78 is 0. The first kappa shape index (κ1) is 13.1. The van der Waals surface area contributed by atoms with Crippen LogP contribution in [0, 0.1) is 11.3 Å². The molecule has 0 saturated heterocycles. The fourth-order valence-corrected chi connectivity index (χ4v) is 1.55. The van der Waals surface area contributed by atoms with Gasteiger partial charge in [-0.25, -0.2) is 0 Å². The summed E-state index contributed by atoms with van der Waals surface area (Å²) in [5.74, 6) is 0.790. The minimum atomic E-state index is 0.109. The number of halogens is 1. The first-order chi connectivity index (χ1) is 9.08. The Morgan fingerprint density at radius 3 is 2.74 bits per heavy atom. The molecule has 0 unspecified atom stereocenters. The van der Waals surface area contributed by atoms with E-state index >= 15 is 0 Å². The highest BCUT2D eigenvalue weighted by molar-refractivity contribution is 6.28. The highest BCUT2D eigenvalue weighted by atomic mass is 35.5. The highest BCUT2D eigenvalue weighted by Crippen LogP contribution is 2.17. The van der Waals surface area contributed by atoms with Crippen LogP contribution in [-0.2, 0) is 0 Å². The maximum Gasteiger partial charge on any atom is 0.233 e. The van der Waals surface area contributed by atoms with E-state index in [2.05, 4.69) is 26.3 Å². The van der Waals surface area contributed by atoms with Crippen LogP contribution in [-0.4, -0.2) is 29.0 Å². The summed E-state index contributed by atoms with van der Waals surface area (Å²) >= 11 is 5.84. The van der Waals surface area contributed by atoms with E-state index in [1.807, 2.05) is 20.2 Å². The molecule has 0 spiro atoms. The maximum atomic E-state index is 8.84. The van der Waals surface area contributed by atoms with Crippen LogP contribution < -0.4 is 10.2 Å². The average molecular weight is 275 g/mol. The van der Waals surface area contributed by atoms with Gasteiger partial charge in [-0.3, -0.25) is 0 Å². The molecule has 0 fully saturated rings. The van der Waals surface area contributed by atoms with E-state index in [1.165, 1.54) is 0 Å². The minimum Gasteiger partial charge on any atom is -0.347 e. The molecule has 0 amide bonds. The van der Waals surface area contributed by atoms with Crippen LogP contribution in [0.15, 0.2) is 24.3 Å². The van der Waals surface area contributed by atoms with Crippen LogP contribution in [0.1, 0.15) is 5.56 Å². The van der Waals surface area contributed by atoms with E-state index < -0.39 is 0 Å². The van der Waals surface area contributed by atoms with Gasteiger partial charge in [-0.15, -0.1) is 0 Å². The smallest absolute Gasteiger partial charge is 0.233 e. The fourth-order valence-electron chi connectivity index (χ4n) is 1.39. The van der Waals surface area contributed by atoms with Crippen LogP contribution in [0.25, 0.3) is 0 Å². The molecule has 0 aliphatic rings. The SMILES string of the molecule is CN(C)c1nc(Cl)nc(Nc2cccc(C#N)c2)n1. The van der Waals surface area contributed by atoms with Crippen molar-refractivity contribution in [2.45, 2.75) is 0 Å². The van der Waals surface area contributed by atoms with Crippen molar-refractivity contribution in [1.82, 2.24) is 15.0 Å². The molecular weight excluding hydrogens is 264 g/mol. The number of nitrogens with one attached hydrogen (secondary N) is 1. The van der Waals surface area contributed by atoms with E-state index in [0.29, 0.717) is 23.1 Å². The first-order valence-corrected chi connectivity index (χ1v) is 5.82. The van der Waals surface area contributed by atoms with Crippen molar-refractivity contribution >= 4 is 29.2 Å². The molecule has 7 heteroatoms. The number of benzene rings is 1. The monoisotopic (exact) mass is 274 g/mol. The third kappa shape index (κ3) is 3.30. The molecule has 1 heterocycles. The third-order valence-electron chi connectivity index (χ3n) is 2.24. The van der Waals surface area contributed by atoms with Crippen molar-refractivity contribution in [3.63, 3.8) is 0 Å². The molecule has 1 aromatic heterocycles. The van der Waals surface area contributed by atoms with Gasteiger partial charge in [0.1, 0.15) is 0 Å². The number of nitriles is 1. The average Bonchev–Trinajstić information content (AvgIpc) is 2.38. The number of nitrogens with zero attached hydrogens (tertiary/aromatic N) is 5. The highest BCUT2D eigenvalue weighted by Gasteiger charge is 2.07. The van der Waals surface area contributed by atoms with E-state index in [1.54, 1.807) is 23.1 Å². The summed E-state index contributed by atoms with van der Waals surface area (Å²) in [6.07, 6.45) is 0. The van der Waals surface area contributed by atoms with Gasteiger partial charge in [0.25, 0.3) is 0 Å². The van der Waals surface area contributed by atoms with E-state index in [0.717, 1.165) is 0 Å². The number of rotatable bonds is 3. The summed E-state index contributed by atoms with van der Waals surface area (Å²) in [4.78, 5) is 13.9. The molecule has 19 heavy (non-hydrogen) atoms. The lowest BCUT2D eigenvalue weighted by Gasteiger charge is -2.11. The van der Waals surface area contributed by atoms with Gasteiger partial charge in [-0.05, 0) is 29.8 Å². The predicted octanol–water partition coefficient (Wildman–Crippen LogP) is 2.21. The zero-order valence-corrected chi connectivity index (χ0v) is 11.2. The molecule has 2 aromatic rings. The quantitative estimate of drug-likeness (QED) is 0.924. The summed E-state index contributed by atoms with van der Waals surface area (Å²) in [6.45, 7) is 0. The lowest BCUT2D eigenvalue weighted by molar-refractivity contribution is 0.961. The molecule has 0 bridgehead atoms. The van der Waals surface area contributed by atoms with Crippen molar-refractivity contribution < 1.29 is 0 Å². The second kappa shape index (κ2) is 5.50. The molecule has 1 aromatic carbocycles. The normalized spacial score (nSPS) is 9.79. The third-order valence-corrected chi connectivity index (χ3v) is 2.41. The Bertz CT molecular complexity index is 634. The maximum absolute atomic E-state index is 8.84. The van der Waals surface area contributed by atoms with Gasteiger partial charge in [0, 0.05) is 19.8 Å². The standard InChI is InChI=1S/C12H11ClN6/c1-19(2)12-17-10(13)16-11(18-12)15-9-5-3-4-8(6-9)7-14/h3-6H,1-2H3,(H,15,16,17,18).